The number of nitrogens with one attached hydrogen (secondary N) is 2. The van der Waals surface area contributed by atoms with Crippen molar-refractivity contribution in [1.29, 1.82) is 0 Å². The van der Waals surface area contributed by atoms with E-state index in [1.807, 2.05) is 22.9 Å². The number of pyridine rings is 1. The van der Waals surface area contributed by atoms with E-state index < -0.39 is 5.60 Å². The number of fused-ring (bicyclic) bond motifs is 1. The standard InChI is InChI=1S/C18H25N7O/c1-12(2)25-11-22-14-15(20-9-13-6-5-7-19-8-13)23-17(24-16(14)25)21-10-18(3,4)26/h5-8,11-12,26H,9-10H2,1-4H3,(H2,20,21,23,24). The van der Waals surface area contributed by atoms with Gasteiger partial charge in [-0.25, -0.2) is 4.98 Å². The van der Waals surface area contributed by atoms with E-state index in [9.17, 15) is 5.11 Å². The molecule has 0 amide bonds. The molecule has 138 valence electrons. The monoisotopic (exact) mass is 355 g/mol. The second kappa shape index (κ2) is 7.25. The van der Waals surface area contributed by atoms with Crippen molar-refractivity contribution in [2.24, 2.45) is 0 Å². The lowest BCUT2D eigenvalue weighted by Crippen LogP contribution is -2.30. The van der Waals surface area contributed by atoms with E-state index in [2.05, 4.69) is 44.4 Å². The smallest absolute Gasteiger partial charge is 0.226 e. The van der Waals surface area contributed by atoms with Gasteiger partial charge in [-0.3, -0.25) is 4.98 Å². The number of nitrogens with zero attached hydrogens (tertiary/aromatic N) is 5. The van der Waals surface area contributed by atoms with Gasteiger partial charge in [-0.05, 0) is 39.3 Å². The molecule has 0 aliphatic carbocycles. The van der Waals surface area contributed by atoms with E-state index in [0.29, 0.717) is 24.9 Å². The summed E-state index contributed by atoms with van der Waals surface area (Å²) < 4.78 is 2.00. The zero-order chi connectivity index (χ0) is 18.7. The quantitative estimate of drug-likeness (QED) is 0.599. The summed E-state index contributed by atoms with van der Waals surface area (Å²) in [4.78, 5) is 17.8. The number of imidazole rings is 1. The lowest BCUT2D eigenvalue weighted by molar-refractivity contribution is 0.0943. The summed E-state index contributed by atoms with van der Waals surface area (Å²) in [5.74, 6) is 1.10. The third kappa shape index (κ3) is 4.26. The minimum absolute atomic E-state index is 0.225. The SMILES string of the molecule is CC(C)n1cnc2c(NCc3cccnc3)nc(NCC(C)(C)O)nc21. The maximum Gasteiger partial charge on any atom is 0.226 e. The van der Waals surface area contributed by atoms with Crippen molar-refractivity contribution in [1.82, 2.24) is 24.5 Å². The summed E-state index contributed by atoms with van der Waals surface area (Å²) in [7, 11) is 0. The summed E-state index contributed by atoms with van der Waals surface area (Å²) in [6, 6.07) is 4.12. The molecule has 0 aromatic carbocycles. The molecular formula is C18H25N7O. The van der Waals surface area contributed by atoms with Crippen molar-refractivity contribution in [2.45, 2.75) is 45.9 Å². The number of hydrogen-bond donors (Lipinski definition) is 3. The van der Waals surface area contributed by atoms with Gasteiger partial charge in [-0.1, -0.05) is 6.07 Å². The Bertz CT molecular complexity index is 868. The van der Waals surface area contributed by atoms with E-state index in [1.165, 1.54) is 0 Å². The Kier molecular flexibility index (Phi) is 5.03. The molecule has 26 heavy (non-hydrogen) atoms. The van der Waals surface area contributed by atoms with Crippen LogP contribution < -0.4 is 10.6 Å². The van der Waals surface area contributed by atoms with Crippen LogP contribution in [-0.4, -0.2) is 41.8 Å². The predicted octanol–water partition coefficient (Wildman–Crippen LogP) is 2.60. The number of rotatable bonds is 7. The highest BCUT2D eigenvalue weighted by atomic mass is 16.3. The molecule has 8 nitrogen and oxygen atoms in total. The first-order valence-electron chi connectivity index (χ1n) is 8.67. The van der Waals surface area contributed by atoms with Crippen molar-refractivity contribution in [3.05, 3.63) is 36.4 Å². The summed E-state index contributed by atoms with van der Waals surface area (Å²) in [5, 5.41) is 16.4. The van der Waals surface area contributed by atoms with Crippen LogP contribution in [0, 0.1) is 0 Å². The van der Waals surface area contributed by atoms with Gasteiger partial charge in [0.25, 0.3) is 0 Å². The number of aromatic nitrogens is 5. The Hall–Kier alpha value is -2.74. The second-order valence-corrected chi connectivity index (χ2v) is 7.19. The summed E-state index contributed by atoms with van der Waals surface area (Å²) in [6.07, 6.45) is 5.33. The van der Waals surface area contributed by atoms with Gasteiger partial charge in [-0.2, -0.15) is 9.97 Å². The van der Waals surface area contributed by atoms with Gasteiger partial charge in [0, 0.05) is 31.5 Å². The molecule has 3 rings (SSSR count). The lowest BCUT2D eigenvalue weighted by Gasteiger charge is -2.18. The molecule has 3 N–H and O–H groups in total. The van der Waals surface area contributed by atoms with Crippen molar-refractivity contribution < 1.29 is 5.11 Å². The molecule has 0 bridgehead atoms. The maximum atomic E-state index is 9.96. The summed E-state index contributed by atoms with van der Waals surface area (Å²) in [6.45, 7) is 8.55. The van der Waals surface area contributed by atoms with Gasteiger partial charge < -0.3 is 20.3 Å². The van der Waals surface area contributed by atoms with Crippen LogP contribution in [0.4, 0.5) is 11.8 Å². The zero-order valence-corrected chi connectivity index (χ0v) is 15.6. The molecule has 0 unspecified atom stereocenters. The Labute approximate surface area is 152 Å². The van der Waals surface area contributed by atoms with Crippen LogP contribution in [0.1, 0.15) is 39.3 Å². The van der Waals surface area contributed by atoms with Gasteiger partial charge in [0.2, 0.25) is 5.95 Å². The van der Waals surface area contributed by atoms with Crippen LogP contribution in [-0.2, 0) is 6.54 Å². The average molecular weight is 355 g/mol. The Morgan fingerprint density at radius 1 is 1.23 bits per heavy atom. The van der Waals surface area contributed by atoms with E-state index in [0.717, 1.165) is 16.7 Å². The third-order valence-corrected chi connectivity index (χ3v) is 3.84. The van der Waals surface area contributed by atoms with Gasteiger partial charge in [-0.15, -0.1) is 0 Å². The molecule has 0 radical (unpaired) electrons. The molecule has 0 fully saturated rings. The second-order valence-electron chi connectivity index (χ2n) is 7.19. The van der Waals surface area contributed by atoms with Gasteiger partial charge in [0.15, 0.2) is 17.0 Å². The fraction of sp³-hybridized carbons (Fsp3) is 0.444. The molecule has 3 aromatic heterocycles. The molecule has 0 saturated carbocycles. The van der Waals surface area contributed by atoms with E-state index in [1.54, 1.807) is 26.4 Å². The first-order valence-corrected chi connectivity index (χ1v) is 8.67. The predicted molar refractivity (Wildman–Crippen MR) is 102 cm³/mol. The molecule has 0 aliphatic rings. The number of aliphatic hydroxyl groups is 1. The van der Waals surface area contributed by atoms with E-state index in [4.69, 9.17) is 0 Å². The van der Waals surface area contributed by atoms with Crippen LogP contribution in [0.25, 0.3) is 11.2 Å². The van der Waals surface area contributed by atoms with Crippen LogP contribution in [0.2, 0.25) is 0 Å². The molecule has 3 aromatic rings. The van der Waals surface area contributed by atoms with Gasteiger partial charge in [0.1, 0.15) is 0 Å². The van der Waals surface area contributed by atoms with E-state index in [-0.39, 0.29) is 6.04 Å². The highest BCUT2D eigenvalue weighted by Crippen LogP contribution is 2.24. The molecule has 0 aliphatic heterocycles. The molecule has 0 atom stereocenters. The summed E-state index contributed by atoms with van der Waals surface area (Å²) in [5.41, 5.74) is 1.66. The molecule has 0 spiro atoms. The maximum absolute atomic E-state index is 9.96. The topological polar surface area (TPSA) is 101 Å². The van der Waals surface area contributed by atoms with Crippen molar-refractivity contribution in [2.75, 3.05) is 17.2 Å². The fourth-order valence-corrected chi connectivity index (χ4v) is 2.48. The molecule has 8 heteroatoms. The van der Waals surface area contributed by atoms with Crippen LogP contribution >= 0.6 is 0 Å². The van der Waals surface area contributed by atoms with Gasteiger partial charge >= 0.3 is 0 Å². The highest BCUT2D eigenvalue weighted by molar-refractivity contribution is 5.84. The largest absolute Gasteiger partial charge is 0.389 e. The van der Waals surface area contributed by atoms with Crippen LogP contribution in [0.3, 0.4) is 0 Å². The lowest BCUT2D eigenvalue weighted by atomic mass is 10.1. The van der Waals surface area contributed by atoms with E-state index >= 15 is 0 Å². The average Bonchev–Trinajstić information content (AvgIpc) is 3.02. The number of anilines is 2. The molecular weight excluding hydrogens is 330 g/mol. The van der Waals surface area contributed by atoms with Crippen molar-refractivity contribution in [3.8, 4) is 0 Å². The Morgan fingerprint density at radius 3 is 2.69 bits per heavy atom. The first kappa shape index (κ1) is 18.1. The molecule has 0 saturated heterocycles. The van der Waals surface area contributed by atoms with Gasteiger partial charge in [0.05, 0.1) is 11.9 Å². The zero-order valence-electron chi connectivity index (χ0n) is 15.6. The van der Waals surface area contributed by atoms with Crippen molar-refractivity contribution in [3.63, 3.8) is 0 Å². The first-order chi connectivity index (χ1) is 12.3. The third-order valence-electron chi connectivity index (χ3n) is 3.84. The minimum Gasteiger partial charge on any atom is -0.389 e. The Balaban J connectivity index is 1.93. The fourth-order valence-electron chi connectivity index (χ4n) is 2.48. The molecule has 3 heterocycles. The van der Waals surface area contributed by atoms with Crippen LogP contribution in [0.15, 0.2) is 30.9 Å². The minimum atomic E-state index is -0.861. The van der Waals surface area contributed by atoms with Crippen molar-refractivity contribution >= 4 is 22.9 Å². The normalized spacial score (nSPS) is 11.9. The Morgan fingerprint density at radius 2 is 2.04 bits per heavy atom. The number of hydrogen-bond acceptors (Lipinski definition) is 7. The highest BCUT2D eigenvalue weighted by Gasteiger charge is 2.17. The van der Waals surface area contributed by atoms with Crippen LogP contribution in [0.5, 0.6) is 0 Å². The summed E-state index contributed by atoms with van der Waals surface area (Å²) >= 11 is 0.